The van der Waals surface area contributed by atoms with E-state index in [0.717, 1.165) is 5.56 Å². The molecule has 4 N–H and O–H groups in total. The Labute approximate surface area is 94.6 Å². The molecule has 4 heteroatoms. The van der Waals surface area contributed by atoms with Crippen molar-refractivity contribution in [3.8, 4) is 0 Å². The van der Waals surface area contributed by atoms with Gasteiger partial charge in [0, 0.05) is 5.56 Å². The van der Waals surface area contributed by atoms with Crippen molar-refractivity contribution >= 4 is 12.1 Å². The van der Waals surface area contributed by atoms with Gasteiger partial charge in [0.1, 0.15) is 0 Å². The molecule has 2 atom stereocenters. The summed E-state index contributed by atoms with van der Waals surface area (Å²) in [5, 5.41) is 0. The van der Waals surface area contributed by atoms with Crippen LogP contribution in [0.4, 0.5) is 0 Å². The van der Waals surface area contributed by atoms with Crippen molar-refractivity contribution in [1.82, 2.24) is 0 Å². The summed E-state index contributed by atoms with van der Waals surface area (Å²) in [4.78, 5) is 22.1. The smallest absolute Gasteiger partial charge is 0.217 e. The predicted molar refractivity (Wildman–Crippen MR) is 61.8 cm³/mol. The maximum atomic E-state index is 11.8. The Kier molecular flexibility index (Phi) is 4.34. The van der Waals surface area contributed by atoms with E-state index in [4.69, 9.17) is 11.5 Å². The van der Waals surface area contributed by atoms with E-state index in [1.54, 1.807) is 37.5 Å². The number of hydrogen-bond acceptors (Lipinski definition) is 4. The molecule has 0 unspecified atom stereocenters. The number of hydrogen-bond donors (Lipinski definition) is 2. The number of carbonyl (C=O) groups is 1. The fourth-order valence-corrected chi connectivity index (χ4v) is 1.46. The molecule has 0 amide bonds. The fraction of sp³-hybridized carbons (Fsp3) is 0.333. The molecule has 1 radical (unpaired) electrons. The van der Waals surface area contributed by atoms with Crippen LogP contribution in [-0.2, 0) is 11.2 Å². The summed E-state index contributed by atoms with van der Waals surface area (Å²) in [6.45, 7) is 1.63. The Morgan fingerprint density at radius 1 is 1.38 bits per heavy atom. The van der Waals surface area contributed by atoms with E-state index in [9.17, 15) is 9.59 Å². The number of Topliss-reactive ketones (excluding diaryl/α,β-unsaturated/α-hetero) is 1. The van der Waals surface area contributed by atoms with Crippen LogP contribution < -0.4 is 11.5 Å². The van der Waals surface area contributed by atoms with Crippen LogP contribution in [0.15, 0.2) is 24.3 Å². The molecule has 0 aromatic heterocycles. The van der Waals surface area contributed by atoms with Gasteiger partial charge >= 0.3 is 0 Å². The highest BCUT2D eigenvalue weighted by molar-refractivity contribution is 6.01. The van der Waals surface area contributed by atoms with E-state index in [-0.39, 0.29) is 5.78 Å². The third-order valence-electron chi connectivity index (χ3n) is 2.29. The Bertz CT molecular complexity index is 388. The topological polar surface area (TPSA) is 86.2 Å². The zero-order chi connectivity index (χ0) is 12.1. The highest BCUT2D eigenvalue weighted by atomic mass is 16.1. The number of benzene rings is 1. The minimum absolute atomic E-state index is 0.145. The first-order valence-corrected chi connectivity index (χ1v) is 5.07. The van der Waals surface area contributed by atoms with Gasteiger partial charge < -0.3 is 11.5 Å². The molecule has 4 nitrogen and oxygen atoms in total. The van der Waals surface area contributed by atoms with E-state index < -0.39 is 12.1 Å². The van der Waals surface area contributed by atoms with E-state index in [2.05, 4.69) is 0 Å². The van der Waals surface area contributed by atoms with Gasteiger partial charge in [-0.15, -0.1) is 0 Å². The number of carbonyl (C=O) groups excluding carboxylic acids is 2. The fourth-order valence-electron chi connectivity index (χ4n) is 1.46. The molecule has 0 bridgehead atoms. The third kappa shape index (κ3) is 2.98. The summed E-state index contributed by atoms with van der Waals surface area (Å²) in [7, 11) is 0. The standard InChI is InChI=1S/C12H15N2O2/c1-8(13)12(16)11-5-3-2-4-9(11)6-10(14)7-15/h2-5,8,10H,6,13-14H2,1H3/t8-,10+/m0/s1. The average Bonchev–Trinajstić information content (AvgIpc) is 2.28. The SMILES string of the molecule is C[C@H](N)C(=O)c1ccccc1C[C@@H](N)[C]=O. The van der Waals surface area contributed by atoms with Crippen molar-refractivity contribution in [3.63, 3.8) is 0 Å². The first-order valence-electron chi connectivity index (χ1n) is 5.07. The van der Waals surface area contributed by atoms with Gasteiger partial charge in [-0.3, -0.25) is 9.59 Å². The van der Waals surface area contributed by atoms with Gasteiger partial charge in [0.2, 0.25) is 6.29 Å². The summed E-state index contributed by atoms with van der Waals surface area (Å²) in [5.41, 5.74) is 12.3. The Morgan fingerprint density at radius 2 is 2.00 bits per heavy atom. The van der Waals surface area contributed by atoms with Gasteiger partial charge in [0.15, 0.2) is 5.78 Å². The second-order valence-corrected chi connectivity index (χ2v) is 3.74. The van der Waals surface area contributed by atoms with Crippen LogP contribution in [0.25, 0.3) is 0 Å². The molecular weight excluding hydrogens is 204 g/mol. The molecule has 0 spiro atoms. The maximum Gasteiger partial charge on any atom is 0.217 e. The molecule has 1 aromatic rings. The lowest BCUT2D eigenvalue weighted by Crippen LogP contribution is -2.29. The summed E-state index contributed by atoms with van der Waals surface area (Å²) in [5.74, 6) is -0.145. The average molecular weight is 219 g/mol. The lowest BCUT2D eigenvalue weighted by Gasteiger charge is -2.11. The number of rotatable bonds is 5. The van der Waals surface area contributed by atoms with E-state index >= 15 is 0 Å². The van der Waals surface area contributed by atoms with Crippen LogP contribution >= 0.6 is 0 Å². The van der Waals surface area contributed by atoms with Crippen LogP contribution in [0.1, 0.15) is 22.8 Å². The zero-order valence-corrected chi connectivity index (χ0v) is 9.14. The van der Waals surface area contributed by atoms with Crippen LogP contribution in [0.2, 0.25) is 0 Å². The van der Waals surface area contributed by atoms with E-state index in [0.29, 0.717) is 12.0 Å². The van der Waals surface area contributed by atoms with Gasteiger partial charge in [-0.1, -0.05) is 24.3 Å². The summed E-state index contributed by atoms with van der Waals surface area (Å²) >= 11 is 0. The molecule has 16 heavy (non-hydrogen) atoms. The molecule has 1 rings (SSSR count). The molecule has 0 aliphatic heterocycles. The van der Waals surface area contributed by atoms with Crippen LogP contribution in [0, 0.1) is 0 Å². The van der Waals surface area contributed by atoms with Gasteiger partial charge in [0.25, 0.3) is 0 Å². The van der Waals surface area contributed by atoms with Gasteiger partial charge in [-0.05, 0) is 18.9 Å². The molecule has 0 saturated carbocycles. The van der Waals surface area contributed by atoms with Crippen LogP contribution in [-0.4, -0.2) is 24.2 Å². The molecule has 0 aliphatic rings. The Balaban J connectivity index is 3.00. The molecule has 0 saturated heterocycles. The highest BCUT2D eigenvalue weighted by Crippen LogP contribution is 2.12. The van der Waals surface area contributed by atoms with Crippen molar-refractivity contribution in [2.45, 2.75) is 25.4 Å². The van der Waals surface area contributed by atoms with E-state index in [1.165, 1.54) is 0 Å². The van der Waals surface area contributed by atoms with Crippen molar-refractivity contribution in [2.24, 2.45) is 11.5 Å². The van der Waals surface area contributed by atoms with Crippen LogP contribution in [0.3, 0.4) is 0 Å². The van der Waals surface area contributed by atoms with Crippen molar-refractivity contribution in [2.75, 3.05) is 0 Å². The van der Waals surface area contributed by atoms with Crippen molar-refractivity contribution in [1.29, 1.82) is 0 Å². The van der Waals surface area contributed by atoms with E-state index in [1.807, 2.05) is 0 Å². The van der Waals surface area contributed by atoms with Crippen molar-refractivity contribution in [3.05, 3.63) is 35.4 Å². The number of nitrogens with two attached hydrogens (primary N) is 2. The molecule has 1 aromatic carbocycles. The summed E-state index contributed by atoms with van der Waals surface area (Å²) in [6.07, 6.45) is 2.00. The predicted octanol–water partition coefficient (Wildman–Crippen LogP) is 0.196. The maximum absolute atomic E-state index is 11.8. The first-order chi connectivity index (χ1) is 7.56. The summed E-state index contributed by atoms with van der Waals surface area (Å²) in [6, 6.07) is 5.76. The van der Waals surface area contributed by atoms with Crippen molar-refractivity contribution < 1.29 is 9.59 Å². The second kappa shape index (κ2) is 5.53. The largest absolute Gasteiger partial charge is 0.321 e. The lowest BCUT2D eigenvalue weighted by molar-refractivity contribution is 0.0967. The normalized spacial score (nSPS) is 14.2. The molecular formula is C12H15N2O2. The summed E-state index contributed by atoms with van der Waals surface area (Å²) < 4.78 is 0. The molecule has 0 heterocycles. The Hall–Kier alpha value is -1.52. The molecule has 0 aliphatic carbocycles. The van der Waals surface area contributed by atoms with Gasteiger partial charge in [0.05, 0.1) is 12.1 Å². The Morgan fingerprint density at radius 3 is 2.56 bits per heavy atom. The minimum Gasteiger partial charge on any atom is -0.321 e. The second-order valence-electron chi connectivity index (χ2n) is 3.74. The monoisotopic (exact) mass is 219 g/mol. The lowest BCUT2D eigenvalue weighted by atomic mass is 9.96. The zero-order valence-electron chi connectivity index (χ0n) is 9.14. The highest BCUT2D eigenvalue weighted by Gasteiger charge is 2.16. The third-order valence-corrected chi connectivity index (χ3v) is 2.29. The van der Waals surface area contributed by atoms with Crippen LogP contribution in [0.5, 0.6) is 0 Å². The van der Waals surface area contributed by atoms with Gasteiger partial charge in [-0.25, -0.2) is 0 Å². The minimum atomic E-state index is -0.706. The number of ketones is 1. The molecule has 85 valence electrons. The quantitative estimate of drug-likeness (QED) is 0.692. The first kappa shape index (κ1) is 12.5. The molecule has 0 fully saturated rings. The van der Waals surface area contributed by atoms with Gasteiger partial charge in [-0.2, -0.15) is 0 Å².